The lowest BCUT2D eigenvalue weighted by Gasteiger charge is -2.08. The first kappa shape index (κ1) is 13.8. The van der Waals surface area contributed by atoms with Gasteiger partial charge in [0.1, 0.15) is 5.82 Å². The summed E-state index contributed by atoms with van der Waals surface area (Å²) in [4.78, 5) is 4.20. The fourth-order valence-electron chi connectivity index (χ4n) is 1.85. The van der Waals surface area contributed by atoms with E-state index >= 15 is 0 Å². The van der Waals surface area contributed by atoms with Gasteiger partial charge in [0.15, 0.2) is 5.13 Å². The predicted molar refractivity (Wildman–Crippen MR) is 74.3 cm³/mol. The van der Waals surface area contributed by atoms with Crippen LogP contribution in [0.2, 0.25) is 0 Å². The SMILES string of the molecule is Fc1ccc2nc(Nc3cccc(C(F)(F)F)c3)sc2c1. The van der Waals surface area contributed by atoms with Crippen LogP contribution in [0.5, 0.6) is 0 Å². The zero-order valence-corrected chi connectivity index (χ0v) is 11.2. The molecule has 3 aromatic rings. The second-order valence-electron chi connectivity index (χ2n) is 4.33. The average molecular weight is 312 g/mol. The van der Waals surface area contributed by atoms with E-state index in [2.05, 4.69) is 10.3 Å². The van der Waals surface area contributed by atoms with Crippen molar-refractivity contribution in [3.05, 3.63) is 53.8 Å². The van der Waals surface area contributed by atoms with Gasteiger partial charge < -0.3 is 5.32 Å². The predicted octanol–water partition coefficient (Wildman–Crippen LogP) is 5.20. The molecule has 7 heteroatoms. The Balaban J connectivity index is 1.91. The highest BCUT2D eigenvalue weighted by Gasteiger charge is 2.30. The third kappa shape index (κ3) is 2.97. The molecule has 1 heterocycles. The van der Waals surface area contributed by atoms with Crippen molar-refractivity contribution in [2.75, 3.05) is 5.32 Å². The highest BCUT2D eigenvalue weighted by atomic mass is 32.1. The van der Waals surface area contributed by atoms with E-state index in [1.807, 2.05) is 0 Å². The largest absolute Gasteiger partial charge is 0.416 e. The Bertz CT molecular complexity index is 795. The van der Waals surface area contributed by atoms with E-state index in [1.54, 1.807) is 0 Å². The minimum Gasteiger partial charge on any atom is -0.332 e. The molecule has 21 heavy (non-hydrogen) atoms. The van der Waals surface area contributed by atoms with Crippen LogP contribution in [0.3, 0.4) is 0 Å². The van der Waals surface area contributed by atoms with Crippen LogP contribution in [0, 0.1) is 5.82 Å². The third-order valence-electron chi connectivity index (χ3n) is 2.79. The van der Waals surface area contributed by atoms with Crippen molar-refractivity contribution in [1.82, 2.24) is 4.98 Å². The van der Waals surface area contributed by atoms with Crippen molar-refractivity contribution in [3.8, 4) is 0 Å². The summed E-state index contributed by atoms with van der Waals surface area (Å²) in [7, 11) is 0. The molecule has 0 atom stereocenters. The number of nitrogens with one attached hydrogen (secondary N) is 1. The lowest BCUT2D eigenvalue weighted by molar-refractivity contribution is -0.137. The van der Waals surface area contributed by atoms with Gasteiger partial charge in [-0.3, -0.25) is 0 Å². The topological polar surface area (TPSA) is 24.9 Å². The first-order chi connectivity index (χ1) is 9.91. The summed E-state index contributed by atoms with van der Waals surface area (Å²) in [6.07, 6.45) is -4.39. The summed E-state index contributed by atoms with van der Waals surface area (Å²) in [5.74, 6) is -0.378. The summed E-state index contributed by atoms with van der Waals surface area (Å²) < 4.78 is 51.6. The smallest absolute Gasteiger partial charge is 0.332 e. The number of alkyl halides is 3. The van der Waals surface area contributed by atoms with Crippen molar-refractivity contribution in [1.29, 1.82) is 0 Å². The van der Waals surface area contributed by atoms with Gasteiger partial charge in [0.25, 0.3) is 0 Å². The van der Waals surface area contributed by atoms with Gasteiger partial charge in [0, 0.05) is 5.69 Å². The number of rotatable bonds is 2. The number of aromatic nitrogens is 1. The molecule has 0 unspecified atom stereocenters. The number of nitrogens with zero attached hydrogens (tertiary/aromatic N) is 1. The van der Waals surface area contributed by atoms with Crippen molar-refractivity contribution in [3.63, 3.8) is 0 Å². The van der Waals surface area contributed by atoms with Gasteiger partial charge >= 0.3 is 6.18 Å². The number of halogens is 4. The van der Waals surface area contributed by atoms with Crippen molar-refractivity contribution in [2.24, 2.45) is 0 Å². The van der Waals surface area contributed by atoms with E-state index in [9.17, 15) is 17.6 Å². The molecular formula is C14H8F4N2S. The zero-order chi connectivity index (χ0) is 15.0. The highest BCUT2D eigenvalue weighted by molar-refractivity contribution is 7.22. The number of benzene rings is 2. The van der Waals surface area contributed by atoms with Crippen molar-refractivity contribution < 1.29 is 17.6 Å². The van der Waals surface area contributed by atoms with Crippen LogP contribution in [-0.4, -0.2) is 4.98 Å². The molecule has 1 N–H and O–H groups in total. The Kier molecular flexibility index (Phi) is 3.29. The number of fused-ring (bicyclic) bond motifs is 1. The van der Waals surface area contributed by atoms with Gasteiger partial charge in [-0.05, 0) is 36.4 Å². The molecule has 0 radical (unpaired) electrons. The Labute approximate surface area is 121 Å². The summed E-state index contributed by atoms with van der Waals surface area (Å²) in [6.45, 7) is 0. The van der Waals surface area contributed by atoms with E-state index < -0.39 is 11.7 Å². The van der Waals surface area contributed by atoms with Gasteiger partial charge in [-0.15, -0.1) is 0 Å². The first-order valence-corrected chi connectivity index (χ1v) is 6.74. The minimum atomic E-state index is -4.39. The molecule has 0 aliphatic rings. The molecule has 3 rings (SSSR count). The molecule has 0 saturated heterocycles. The quantitative estimate of drug-likeness (QED) is 0.658. The molecule has 0 fully saturated rings. The normalized spacial score (nSPS) is 11.8. The fourth-order valence-corrected chi connectivity index (χ4v) is 2.76. The van der Waals surface area contributed by atoms with Gasteiger partial charge in [-0.1, -0.05) is 17.4 Å². The van der Waals surface area contributed by atoms with Crippen LogP contribution in [0.1, 0.15) is 5.56 Å². The Morgan fingerprint density at radius 2 is 1.86 bits per heavy atom. The molecule has 0 aliphatic carbocycles. The van der Waals surface area contributed by atoms with Crippen molar-refractivity contribution >= 4 is 32.4 Å². The standard InChI is InChI=1S/C14H8F4N2S/c15-9-4-5-11-12(7-9)21-13(20-11)19-10-3-1-2-8(6-10)14(16,17)18/h1-7H,(H,19,20). The molecule has 0 amide bonds. The lowest BCUT2D eigenvalue weighted by atomic mass is 10.2. The minimum absolute atomic E-state index is 0.282. The third-order valence-corrected chi connectivity index (χ3v) is 3.73. The van der Waals surface area contributed by atoms with Gasteiger partial charge in [-0.2, -0.15) is 13.2 Å². The number of hydrogen-bond acceptors (Lipinski definition) is 3. The van der Waals surface area contributed by atoms with Crippen LogP contribution in [0.15, 0.2) is 42.5 Å². The maximum Gasteiger partial charge on any atom is 0.416 e. The van der Waals surface area contributed by atoms with Gasteiger partial charge in [0.2, 0.25) is 0 Å². The van der Waals surface area contributed by atoms with E-state index in [0.717, 1.165) is 12.1 Å². The Hall–Kier alpha value is -2.15. The maximum atomic E-state index is 13.1. The maximum absolute atomic E-state index is 13.1. The Morgan fingerprint density at radius 1 is 1.05 bits per heavy atom. The summed E-state index contributed by atoms with van der Waals surface area (Å²) in [5, 5.41) is 3.22. The number of thiazole rings is 1. The van der Waals surface area contributed by atoms with E-state index in [0.29, 0.717) is 15.3 Å². The zero-order valence-electron chi connectivity index (χ0n) is 10.4. The first-order valence-electron chi connectivity index (χ1n) is 5.92. The molecule has 108 valence electrons. The second-order valence-corrected chi connectivity index (χ2v) is 5.37. The van der Waals surface area contributed by atoms with Gasteiger partial charge in [-0.25, -0.2) is 9.37 Å². The fraction of sp³-hybridized carbons (Fsp3) is 0.0714. The molecule has 0 saturated carbocycles. The second kappa shape index (κ2) is 5.00. The average Bonchev–Trinajstić information content (AvgIpc) is 2.79. The monoisotopic (exact) mass is 312 g/mol. The van der Waals surface area contributed by atoms with Crippen LogP contribution in [0.4, 0.5) is 28.4 Å². The molecular weight excluding hydrogens is 304 g/mol. The summed E-state index contributed by atoms with van der Waals surface area (Å²) in [6, 6.07) is 8.99. The number of anilines is 2. The molecule has 2 aromatic carbocycles. The van der Waals surface area contributed by atoms with E-state index in [1.165, 1.54) is 41.7 Å². The molecule has 1 aromatic heterocycles. The van der Waals surface area contributed by atoms with Gasteiger partial charge in [0.05, 0.1) is 15.8 Å². The summed E-state index contributed by atoms with van der Waals surface area (Å²) in [5.41, 5.74) is 0.139. The molecule has 0 bridgehead atoms. The van der Waals surface area contributed by atoms with Crippen LogP contribution >= 0.6 is 11.3 Å². The van der Waals surface area contributed by atoms with E-state index in [4.69, 9.17) is 0 Å². The molecule has 2 nitrogen and oxygen atoms in total. The molecule has 0 spiro atoms. The van der Waals surface area contributed by atoms with Crippen molar-refractivity contribution in [2.45, 2.75) is 6.18 Å². The number of hydrogen-bond donors (Lipinski definition) is 1. The Morgan fingerprint density at radius 3 is 2.62 bits per heavy atom. The van der Waals surface area contributed by atoms with Crippen LogP contribution < -0.4 is 5.32 Å². The molecule has 0 aliphatic heterocycles. The summed E-state index contributed by atoms with van der Waals surface area (Å²) >= 11 is 1.18. The highest BCUT2D eigenvalue weighted by Crippen LogP contribution is 2.33. The van der Waals surface area contributed by atoms with Crippen LogP contribution in [0.25, 0.3) is 10.2 Å². The van der Waals surface area contributed by atoms with E-state index in [-0.39, 0.29) is 11.5 Å². The van der Waals surface area contributed by atoms with Crippen LogP contribution in [-0.2, 0) is 6.18 Å². The lowest BCUT2D eigenvalue weighted by Crippen LogP contribution is -2.05.